The Morgan fingerprint density at radius 2 is 1.15 bits per heavy atom. The van der Waals surface area contributed by atoms with Crippen LogP contribution in [0.2, 0.25) is 10.0 Å². The third-order valence-corrected chi connectivity index (χ3v) is 4.05. The SMILES string of the molecule is Cc1c(Cl)cc2nc3c(F)c(C)c(Cl)cc3nc2c1F. The van der Waals surface area contributed by atoms with Crippen LogP contribution in [0.1, 0.15) is 11.1 Å². The van der Waals surface area contributed by atoms with Crippen molar-refractivity contribution in [3.8, 4) is 0 Å². The first-order valence-electron chi connectivity index (χ1n) is 5.81. The molecule has 0 radical (unpaired) electrons. The van der Waals surface area contributed by atoms with Crippen LogP contribution in [0.4, 0.5) is 8.78 Å². The molecule has 0 spiro atoms. The molecule has 2 aromatic carbocycles. The molecule has 0 saturated heterocycles. The predicted molar refractivity (Wildman–Crippen MR) is 76.5 cm³/mol. The van der Waals surface area contributed by atoms with Gasteiger partial charge in [-0.1, -0.05) is 23.2 Å². The van der Waals surface area contributed by atoms with Crippen LogP contribution in [0.15, 0.2) is 12.1 Å². The van der Waals surface area contributed by atoms with Crippen molar-refractivity contribution in [2.45, 2.75) is 13.8 Å². The van der Waals surface area contributed by atoms with Gasteiger partial charge >= 0.3 is 0 Å². The smallest absolute Gasteiger partial charge is 0.155 e. The van der Waals surface area contributed by atoms with Gasteiger partial charge in [-0.15, -0.1) is 0 Å². The highest BCUT2D eigenvalue weighted by Crippen LogP contribution is 2.30. The summed E-state index contributed by atoms with van der Waals surface area (Å²) in [4.78, 5) is 8.24. The zero-order valence-electron chi connectivity index (χ0n) is 10.6. The third kappa shape index (κ3) is 1.83. The van der Waals surface area contributed by atoms with Gasteiger partial charge in [0.25, 0.3) is 0 Å². The van der Waals surface area contributed by atoms with Crippen molar-refractivity contribution in [1.29, 1.82) is 0 Å². The largest absolute Gasteiger partial charge is 0.241 e. The summed E-state index contributed by atoms with van der Waals surface area (Å²) in [5.41, 5.74) is 1.10. The van der Waals surface area contributed by atoms with Gasteiger partial charge in [-0.25, -0.2) is 18.7 Å². The molecule has 0 N–H and O–H groups in total. The lowest BCUT2D eigenvalue weighted by Crippen LogP contribution is -1.97. The Kier molecular flexibility index (Phi) is 3.03. The van der Waals surface area contributed by atoms with E-state index in [0.717, 1.165) is 0 Å². The second kappa shape index (κ2) is 4.50. The molecule has 0 aliphatic heterocycles. The predicted octanol–water partition coefficient (Wildman–Crippen LogP) is 4.98. The topological polar surface area (TPSA) is 25.8 Å². The Labute approximate surface area is 123 Å². The minimum Gasteiger partial charge on any atom is -0.241 e. The molecule has 0 amide bonds. The number of hydrogen-bond donors (Lipinski definition) is 0. The van der Waals surface area contributed by atoms with E-state index >= 15 is 0 Å². The van der Waals surface area contributed by atoms with Crippen LogP contribution in [0.3, 0.4) is 0 Å². The Balaban J connectivity index is 2.53. The molecule has 0 bridgehead atoms. The molecule has 0 unspecified atom stereocenters. The molecule has 0 saturated carbocycles. The second-order valence-electron chi connectivity index (χ2n) is 4.55. The molecule has 0 aliphatic rings. The lowest BCUT2D eigenvalue weighted by molar-refractivity contribution is 0.624. The summed E-state index contributed by atoms with van der Waals surface area (Å²) in [6.45, 7) is 3.09. The third-order valence-electron chi connectivity index (χ3n) is 3.27. The Bertz CT molecular complexity index is 805. The lowest BCUT2D eigenvalue weighted by Gasteiger charge is -2.08. The number of fused-ring (bicyclic) bond motifs is 2. The molecule has 3 aromatic rings. The van der Waals surface area contributed by atoms with Crippen molar-refractivity contribution in [2.24, 2.45) is 0 Å². The first-order chi connectivity index (χ1) is 9.40. The van der Waals surface area contributed by atoms with E-state index in [1.54, 1.807) is 13.8 Å². The Morgan fingerprint density at radius 1 is 0.800 bits per heavy atom. The van der Waals surface area contributed by atoms with Crippen molar-refractivity contribution >= 4 is 45.3 Å². The van der Waals surface area contributed by atoms with Gasteiger partial charge in [-0.3, -0.25) is 0 Å². The molecule has 0 aliphatic carbocycles. The van der Waals surface area contributed by atoms with Crippen molar-refractivity contribution in [1.82, 2.24) is 9.97 Å². The van der Waals surface area contributed by atoms with Crippen molar-refractivity contribution in [3.05, 3.63) is 44.9 Å². The maximum atomic E-state index is 14.2. The number of nitrogens with zero attached hydrogens (tertiary/aromatic N) is 2. The van der Waals surface area contributed by atoms with Gasteiger partial charge in [0.2, 0.25) is 0 Å². The van der Waals surface area contributed by atoms with Crippen LogP contribution in [0.25, 0.3) is 22.1 Å². The summed E-state index contributed by atoms with van der Waals surface area (Å²) in [6, 6.07) is 2.95. The monoisotopic (exact) mass is 312 g/mol. The zero-order chi connectivity index (χ0) is 14.6. The van der Waals surface area contributed by atoms with Gasteiger partial charge in [0.15, 0.2) is 11.6 Å². The van der Waals surface area contributed by atoms with Crippen LogP contribution in [-0.2, 0) is 0 Å². The Hall–Kier alpha value is -1.52. The van der Waals surface area contributed by atoms with Gasteiger partial charge in [-0.05, 0) is 26.0 Å². The van der Waals surface area contributed by atoms with Gasteiger partial charge in [-0.2, -0.15) is 0 Å². The number of hydrogen-bond acceptors (Lipinski definition) is 2. The summed E-state index contributed by atoms with van der Waals surface area (Å²) in [5, 5.41) is 0.462. The van der Waals surface area contributed by atoms with Crippen molar-refractivity contribution in [3.63, 3.8) is 0 Å². The van der Waals surface area contributed by atoms with Crippen molar-refractivity contribution in [2.75, 3.05) is 0 Å². The standard InChI is InChI=1S/C14H8Cl2F2N2/c1-5-7(15)3-9-13(11(5)17)19-10-4-8(16)6(2)12(18)14(10)20-9/h3-4H,1-2H3. The Morgan fingerprint density at radius 3 is 1.50 bits per heavy atom. The van der Waals surface area contributed by atoms with Crippen LogP contribution >= 0.6 is 23.2 Å². The van der Waals surface area contributed by atoms with E-state index < -0.39 is 11.6 Å². The molecular formula is C14H8Cl2F2N2. The van der Waals surface area contributed by atoms with Crippen LogP contribution < -0.4 is 0 Å². The minimum atomic E-state index is -0.556. The molecule has 6 heteroatoms. The van der Waals surface area contributed by atoms with Gasteiger partial charge in [0.1, 0.15) is 11.0 Å². The average Bonchev–Trinajstić information content (AvgIpc) is 2.42. The average molecular weight is 313 g/mol. The van der Waals surface area contributed by atoms with E-state index in [9.17, 15) is 8.78 Å². The summed E-state index contributed by atoms with van der Waals surface area (Å²) >= 11 is 11.8. The van der Waals surface area contributed by atoms with Crippen LogP contribution in [0, 0.1) is 25.5 Å². The van der Waals surface area contributed by atoms with Gasteiger partial charge in [0, 0.05) is 21.2 Å². The maximum Gasteiger partial charge on any atom is 0.155 e. The minimum absolute atomic E-state index is 0.0544. The molecule has 1 aromatic heterocycles. The van der Waals surface area contributed by atoms with Crippen molar-refractivity contribution < 1.29 is 8.78 Å². The van der Waals surface area contributed by atoms with E-state index in [1.807, 2.05) is 0 Å². The number of aromatic nitrogens is 2. The number of halogens is 4. The first kappa shape index (κ1) is 13.5. The highest BCUT2D eigenvalue weighted by Gasteiger charge is 2.16. The fourth-order valence-electron chi connectivity index (χ4n) is 2.01. The van der Waals surface area contributed by atoms with E-state index in [2.05, 4.69) is 9.97 Å². The maximum absolute atomic E-state index is 14.2. The highest BCUT2D eigenvalue weighted by atomic mass is 35.5. The first-order valence-corrected chi connectivity index (χ1v) is 6.56. The summed E-state index contributed by atoms with van der Waals surface area (Å²) in [6.07, 6.45) is 0. The molecular weight excluding hydrogens is 305 g/mol. The summed E-state index contributed by atoms with van der Waals surface area (Å²) in [5.74, 6) is -1.11. The number of benzene rings is 2. The van der Waals surface area contributed by atoms with E-state index in [-0.39, 0.29) is 43.2 Å². The molecule has 2 nitrogen and oxygen atoms in total. The van der Waals surface area contributed by atoms with Gasteiger partial charge in [0.05, 0.1) is 11.0 Å². The van der Waals surface area contributed by atoms with E-state index in [1.165, 1.54) is 12.1 Å². The molecule has 1 heterocycles. The van der Waals surface area contributed by atoms with E-state index in [4.69, 9.17) is 23.2 Å². The van der Waals surface area contributed by atoms with Crippen LogP contribution in [0.5, 0.6) is 0 Å². The van der Waals surface area contributed by atoms with Crippen LogP contribution in [-0.4, -0.2) is 9.97 Å². The summed E-state index contributed by atoms with van der Waals surface area (Å²) < 4.78 is 28.3. The quantitative estimate of drug-likeness (QED) is 0.547. The summed E-state index contributed by atoms with van der Waals surface area (Å²) in [7, 11) is 0. The molecule has 20 heavy (non-hydrogen) atoms. The fourth-order valence-corrected chi connectivity index (χ4v) is 2.38. The molecule has 3 rings (SSSR count). The highest BCUT2D eigenvalue weighted by molar-refractivity contribution is 6.32. The second-order valence-corrected chi connectivity index (χ2v) is 5.37. The van der Waals surface area contributed by atoms with Gasteiger partial charge < -0.3 is 0 Å². The number of rotatable bonds is 0. The zero-order valence-corrected chi connectivity index (χ0v) is 12.1. The lowest BCUT2D eigenvalue weighted by atomic mass is 10.1. The molecule has 102 valence electrons. The normalized spacial score (nSPS) is 11.5. The molecule has 0 fully saturated rings. The molecule has 0 atom stereocenters. The fraction of sp³-hybridized carbons (Fsp3) is 0.143. The van der Waals surface area contributed by atoms with E-state index in [0.29, 0.717) is 0 Å².